The molecule has 10 heteroatoms. The van der Waals surface area contributed by atoms with Gasteiger partial charge in [0.15, 0.2) is 5.54 Å². The van der Waals surface area contributed by atoms with Crippen LogP contribution in [0.3, 0.4) is 0 Å². The highest BCUT2D eigenvalue weighted by Crippen LogP contribution is 2.20. The number of ether oxygens (including phenoxy) is 1. The lowest BCUT2D eigenvalue weighted by atomic mass is 9.98. The molecule has 0 bridgehead atoms. The van der Waals surface area contributed by atoms with Gasteiger partial charge in [0.05, 0.1) is 29.0 Å². The predicted molar refractivity (Wildman–Crippen MR) is 83.5 cm³/mol. The van der Waals surface area contributed by atoms with Gasteiger partial charge in [-0.05, 0) is 12.1 Å². The van der Waals surface area contributed by atoms with Crippen molar-refractivity contribution in [2.24, 2.45) is 0 Å². The monoisotopic (exact) mass is 346 g/mol. The molecule has 2 N–H and O–H groups in total. The van der Waals surface area contributed by atoms with Crippen LogP contribution in [0.5, 0.6) is 0 Å². The van der Waals surface area contributed by atoms with E-state index in [1.165, 1.54) is 41.3 Å². The molecule has 1 amide bonds. The molecular weight excluding hydrogens is 332 g/mol. The van der Waals surface area contributed by atoms with Crippen molar-refractivity contribution >= 4 is 17.6 Å². The average molecular weight is 346 g/mol. The van der Waals surface area contributed by atoms with Gasteiger partial charge in [-0.15, -0.1) is 0 Å². The fourth-order valence-electron chi connectivity index (χ4n) is 2.48. The zero-order valence-electron chi connectivity index (χ0n) is 12.9. The molecule has 10 nitrogen and oxygen atoms in total. The van der Waals surface area contributed by atoms with Gasteiger partial charge < -0.3 is 15.2 Å². The van der Waals surface area contributed by atoms with Gasteiger partial charge in [-0.1, -0.05) is 0 Å². The molecule has 1 aliphatic rings. The maximum Gasteiger partial charge on any atom is 0.331 e. The Morgan fingerprint density at radius 2 is 2.08 bits per heavy atom. The fourth-order valence-corrected chi connectivity index (χ4v) is 2.48. The Labute approximate surface area is 141 Å². The van der Waals surface area contributed by atoms with Crippen molar-refractivity contribution in [3.05, 3.63) is 52.3 Å². The van der Waals surface area contributed by atoms with Crippen molar-refractivity contribution in [2.75, 3.05) is 13.2 Å². The van der Waals surface area contributed by atoms with Gasteiger partial charge in [0.2, 0.25) is 0 Å². The van der Waals surface area contributed by atoms with E-state index in [9.17, 15) is 24.8 Å². The second-order valence-corrected chi connectivity index (χ2v) is 5.59. The third kappa shape index (κ3) is 3.19. The number of nitrogens with one attached hydrogen (secondary N) is 1. The van der Waals surface area contributed by atoms with E-state index in [0.29, 0.717) is 5.69 Å². The Hall–Kier alpha value is -3.27. The van der Waals surface area contributed by atoms with E-state index in [1.807, 2.05) is 0 Å². The lowest BCUT2D eigenvalue weighted by molar-refractivity contribution is -0.384. The van der Waals surface area contributed by atoms with Crippen molar-refractivity contribution in [3.8, 4) is 5.69 Å². The number of nitro benzene ring substituents is 1. The number of aromatic nitrogens is 2. The number of nitrogens with zero attached hydrogens (tertiary/aromatic N) is 3. The summed E-state index contributed by atoms with van der Waals surface area (Å²) in [6.07, 6.45) is 2.90. The van der Waals surface area contributed by atoms with Crippen LogP contribution in [0, 0.1) is 10.1 Å². The standard InChI is InChI=1S/C15H14N4O6/c20-13(17-15(14(21)22)5-6-25-9-15)10-7-16-18(8-10)11-1-3-12(4-2-11)19(23)24/h1-4,7-8H,5-6,9H2,(H,17,20)(H,21,22). The number of amides is 1. The van der Waals surface area contributed by atoms with E-state index in [-0.39, 0.29) is 30.9 Å². The second-order valence-electron chi connectivity index (χ2n) is 5.59. The first-order valence-electron chi connectivity index (χ1n) is 7.34. The summed E-state index contributed by atoms with van der Waals surface area (Å²) in [6, 6.07) is 5.64. The predicted octanol–water partition coefficient (Wildman–Crippen LogP) is 0.754. The molecule has 0 aliphatic carbocycles. The highest BCUT2D eigenvalue weighted by atomic mass is 16.6. The highest BCUT2D eigenvalue weighted by Gasteiger charge is 2.44. The maximum absolute atomic E-state index is 12.3. The number of carbonyl (C=O) groups is 2. The minimum absolute atomic E-state index is 0.0569. The first kappa shape index (κ1) is 16.6. The zero-order chi connectivity index (χ0) is 18.0. The van der Waals surface area contributed by atoms with Gasteiger partial charge in [0.25, 0.3) is 11.6 Å². The molecule has 0 radical (unpaired) electrons. The number of carboxylic acid groups (broad SMARTS) is 1. The lowest BCUT2D eigenvalue weighted by Gasteiger charge is -2.23. The van der Waals surface area contributed by atoms with Gasteiger partial charge in [-0.2, -0.15) is 5.10 Å². The summed E-state index contributed by atoms with van der Waals surface area (Å²) in [4.78, 5) is 33.9. The van der Waals surface area contributed by atoms with E-state index >= 15 is 0 Å². The first-order chi connectivity index (χ1) is 11.9. The van der Waals surface area contributed by atoms with E-state index in [2.05, 4.69) is 10.4 Å². The Morgan fingerprint density at radius 1 is 1.36 bits per heavy atom. The fraction of sp³-hybridized carbons (Fsp3) is 0.267. The largest absolute Gasteiger partial charge is 0.479 e. The number of carbonyl (C=O) groups excluding carboxylic acids is 1. The summed E-state index contributed by atoms with van der Waals surface area (Å²) in [5, 5.41) is 26.5. The molecule has 2 aromatic rings. The highest BCUT2D eigenvalue weighted by molar-refractivity contribution is 5.97. The van der Waals surface area contributed by atoms with Gasteiger partial charge in [0, 0.05) is 31.4 Å². The summed E-state index contributed by atoms with van der Waals surface area (Å²) in [5.41, 5.74) is -0.793. The number of hydrogen-bond donors (Lipinski definition) is 2. The molecule has 1 atom stereocenters. The van der Waals surface area contributed by atoms with Gasteiger partial charge in [-0.3, -0.25) is 14.9 Å². The van der Waals surface area contributed by atoms with Crippen LogP contribution >= 0.6 is 0 Å². The number of nitro groups is 1. The van der Waals surface area contributed by atoms with Crippen molar-refractivity contribution in [1.82, 2.24) is 15.1 Å². The van der Waals surface area contributed by atoms with Crippen LogP contribution < -0.4 is 5.32 Å². The molecule has 3 rings (SSSR count). The quantitative estimate of drug-likeness (QED) is 0.602. The van der Waals surface area contributed by atoms with Crippen molar-refractivity contribution in [2.45, 2.75) is 12.0 Å². The van der Waals surface area contributed by atoms with Crippen LogP contribution in [-0.4, -0.2) is 50.4 Å². The average Bonchev–Trinajstić information content (AvgIpc) is 3.25. The molecule has 0 saturated carbocycles. The zero-order valence-corrected chi connectivity index (χ0v) is 12.9. The van der Waals surface area contributed by atoms with Crippen LogP contribution in [0.2, 0.25) is 0 Å². The summed E-state index contributed by atoms with van der Waals surface area (Å²) in [5.74, 6) is -1.73. The summed E-state index contributed by atoms with van der Waals surface area (Å²) >= 11 is 0. The molecule has 0 spiro atoms. The first-order valence-corrected chi connectivity index (χ1v) is 7.34. The Bertz CT molecular complexity index is 823. The summed E-state index contributed by atoms with van der Waals surface area (Å²) in [6.45, 7) is 0.166. The molecule has 1 aromatic carbocycles. The maximum atomic E-state index is 12.3. The van der Waals surface area contributed by atoms with Crippen molar-refractivity contribution in [1.29, 1.82) is 0 Å². The number of aliphatic carboxylic acids is 1. The van der Waals surface area contributed by atoms with E-state index in [1.54, 1.807) is 0 Å². The SMILES string of the molecule is O=C(NC1(C(=O)O)CCOC1)c1cnn(-c2ccc([N+](=O)[O-])cc2)c1. The Kier molecular flexibility index (Phi) is 4.19. The van der Waals surface area contributed by atoms with E-state index in [4.69, 9.17) is 4.74 Å². The third-order valence-corrected chi connectivity index (χ3v) is 3.95. The van der Waals surface area contributed by atoms with Gasteiger partial charge >= 0.3 is 5.97 Å². The molecule has 130 valence electrons. The molecule has 1 fully saturated rings. The molecule has 1 aromatic heterocycles. The molecule has 1 saturated heterocycles. The van der Waals surface area contributed by atoms with E-state index < -0.39 is 22.3 Å². The smallest absolute Gasteiger partial charge is 0.331 e. The molecule has 1 unspecified atom stereocenters. The topological polar surface area (TPSA) is 137 Å². The molecule has 2 heterocycles. The third-order valence-electron chi connectivity index (χ3n) is 3.95. The van der Waals surface area contributed by atoms with Crippen LogP contribution in [0.4, 0.5) is 5.69 Å². The van der Waals surface area contributed by atoms with Crippen LogP contribution in [0.25, 0.3) is 5.69 Å². The van der Waals surface area contributed by atoms with Crippen LogP contribution in [-0.2, 0) is 9.53 Å². The van der Waals surface area contributed by atoms with Crippen molar-refractivity contribution in [3.63, 3.8) is 0 Å². The number of rotatable bonds is 5. The number of hydrogen-bond acceptors (Lipinski definition) is 6. The molecule has 25 heavy (non-hydrogen) atoms. The number of non-ortho nitro benzene ring substituents is 1. The van der Waals surface area contributed by atoms with Crippen molar-refractivity contribution < 1.29 is 24.4 Å². The van der Waals surface area contributed by atoms with Crippen LogP contribution in [0.1, 0.15) is 16.8 Å². The van der Waals surface area contributed by atoms with Gasteiger partial charge in [-0.25, -0.2) is 9.48 Å². The minimum atomic E-state index is -1.44. The second kappa shape index (κ2) is 6.32. The Morgan fingerprint density at radius 3 is 2.64 bits per heavy atom. The van der Waals surface area contributed by atoms with E-state index in [0.717, 1.165) is 0 Å². The molecular formula is C15H14N4O6. The minimum Gasteiger partial charge on any atom is -0.479 e. The lowest BCUT2D eigenvalue weighted by Crippen LogP contribution is -2.55. The van der Waals surface area contributed by atoms with Crippen LogP contribution in [0.15, 0.2) is 36.7 Å². The Balaban J connectivity index is 1.77. The van der Waals surface area contributed by atoms with Gasteiger partial charge in [0.1, 0.15) is 0 Å². The normalized spacial score (nSPS) is 19.5. The number of carboxylic acids is 1. The summed E-state index contributed by atoms with van der Waals surface area (Å²) < 4.78 is 6.46. The number of benzene rings is 1. The summed E-state index contributed by atoms with van der Waals surface area (Å²) in [7, 11) is 0. The molecule has 1 aliphatic heterocycles.